The highest BCUT2D eigenvalue weighted by atomic mass is 32.2. The van der Waals surface area contributed by atoms with E-state index in [-0.39, 0.29) is 18.3 Å². The van der Waals surface area contributed by atoms with Crippen LogP contribution in [0.2, 0.25) is 0 Å². The van der Waals surface area contributed by atoms with Crippen LogP contribution in [0.15, 0.2) is 0 Å². The Labute approximate surface area is 206 Å². The second-order valence-electron chi connectivity index (χ2n) is 8.95. The van der Waals surface area contributed by atoms with Gasteiger partial charge in [0.05, 0.1) is 6.04 Å². The van der Waals surface area contributed by atoms with Gasteiger partial charge in [-0.2, -0.15) is 23.5 Å². The molecule has 0 aliphatic heterocycles. The normalized spacial score (nSPS) is 14.9. The van der Waals surface area contributed by atoms with Crippen molar-refractivity contribution < 1.29 is 24.3 Å². The van der Waals surface area contributed by atoms with Gasteiger partial charge in [0, 0.05) is 0 Å². The van der Waals surface area contributed by atoms with Crippen molar-refractivity contribution in [3.8, 4) is 0 Å². The minimum absolute atomic E-state index is 0.0774. The van der Waals surface area contributed by atoms with Crippen molar-refractivity contribution in [3.63, 3.8) is 0 Å². The summed E-state index contributed by atoms with van der Waals surface area (Å²) in [5, 5.41) is 17.4. The van der Waals surface area contributed by atoms with Crippen molar-refractivity contribution in [3.05, 3.63) is 0 Å². The molecular weight excluding hydrogens is 464 g/mol. The van der Waals surface area contributed by atoms with E-state index < -0.39 is 47.9 Å². The van der Waals surface area contributed by atoms with Gasteiger partial charge in [-0.1, -0.05) is 27.7 Å². The maximum Gasteiger partial charge on any atom is 0.326 e. The molecule has 0 aromatic heterocycles. The third-order valence-corrected chi connectivity index (χ3v) is 6.16. The first-order valence-electron chi connectivity index (χ1n) is 11.3. The Morgan fingerprint density at radius 2 is 1.12 bits per heavy atom. The fraction of sp³-hybridized carbons (Fsp3) is 0.818. The zero-order chi connectivity index (χ0) is 25.6. The van der Waals surface area contributed by atoms with Gasteiger partial charge in [0.1, 0.15) is 18.1 Å². The number of nitrogens with one attached hydrogen (secondary N) is 3. The summed E-state index contributed by atoms with van der Waals surface area (Å²) in [4.78, 5) is 50.0. The average molecular weight is 507 g/mol. The molecule has 9 nitrogen and oxygen atoms in total. The predicted molar refractivity (Wildman–Crippen MR) is 136 cm³/mol. The predicted octanol–water partition coefficient (Wildman–Crippen LogP) is 1.45. The molecule has 0 rings (SSSR count). The first-order valence-corrected chi connectivity index (χ1v) is 14.1. The maximum absolute atomic E-state index is 13.1. The van der Waals surface area contributed by atoms with Crippen LogP contribution in [-0.2, 0) is 19.2 Å². The quantitative estimate of drug-likeness (QED) is 0.199. The van der Waals surface area contributed by atoms with Crippen LogP contribution in [-0.4, -0.2) is 77.0 Å². The smallest absolute Gasteiger partial charge is 0.326 e. The lowest BCUT2D eigenvalue weighted by Crippen LogP contribution is -2.57. The van der Waals surface area contributed by atoms with Crippen LogP contribution in [0.4, 0.5) is 0 Å². The summed E-state index contributed by atoms with van der Waals surface area (Å²) in [6.07, 6.45) is 5.28. The minimum atomic E-state index is -1.11. The summed E-state index contributed by atoms with van der Waals surface area (Å²) in [5.74, 6) is -1.04. The van der Waals surface area contributed by atoms with Crippen molar-refractivity contribution in [2.24, 2.45) is 17.6 Å². The Hall–Kier alpha value is -1.46. The van der Waals surface area contributed by atoms with Crippen molar-refractivity contribution in [2.75, 3.05) is 24.0 Å². The van der Waals surface area contributed by atoms with Crippen molar-refractivity contribution >= 4 is 47.2 Å². The number of thioether (sulfide) groups is 2. The van der Waals surface area contributed by atoms with Gasteiger partial charge in [0.15, 0.2) is 0 Å². The molecular formula is C22H42N4O5S2. The van der Waals surface area contributed by atoms with Crippen molar-refractivity contribution in [1.29, 1.82) is 0 Å². The first kappa shape index (κ1) is 31.5. The Kier molecular flexibility index (Phi) is 16.3. The monoisotopic (exact) mass is 506 g/mol. The van der Waals surface area contributed by atoms with Crippen LogP contribution in [0, 0.1) is 11.8 Å². The average Bonchev–Trinajstić information content (AvgIpc) is 2.72. The number of amides is 3. The lowest BCUT2D eigenvalue weighted by molar-refractivity contribution is -0.142. The molecule has 4 unspecified atom stereocenters. The van der Waals surface area contributed by atoms with Gasteiger partial charge >= 0.3 is 5.97 Å². The number of nitrogens with two attached hydrogens (primary N) is 1. The first-order chi connectivity index (χ1) is 15.4. The highest BCUT2D eigenvalue weighted by Gasteiger charge is 2.30. The van der Waals surface area contributed by atoms with E-state index >= 15 is 0 Å². The standard InChI is InChI=1S/C22H42N4O5S2/c1-13(2)11-17(25-19(27)15(23)7-9-32-5)21(29)26-18(12-14(3)4)20(28)24-16(22(30)31)8-10-33-6/h13-18H,7-12,23H2,1-6H3,(H,24,28)(H,25,27)(H,26,29)(H,30,31). The van der Waals surface area contributed by atoms with Gasteiger partial charge in [-0.15, -0.1) is 0 Å². The van der Waals surface area contributed by atoms with Crippen LogP contribution >= 0.6 is 23.5 Å². The molecule has 0 spiro atoms. The third kappa shape index (κ3) is 13.7. The summed E-state index contributed by atoms with van der Waals surface area (Å²) in [6, 6.07) is -3.50. The lowest BCUT2D eigenvalue weighted by Gasteiger charge is -2.26. The second kappa shape index (κ2) is 17.0. The molecule has 0 saturated heterocycles. The Bertz CT molecular complexity index is 634. The fourth-order valence-electron chi connectivity index (χ4n) is 3.10. The van der Waals surface area contributed by atoms with Crippen LogP contribution in [0.3, 0.4) is 0 Å². The molecule has 0 aromatic rings. The molecule has 0 radical (unpaired) electrons. The highest BCUT2D eigenvalue weighted by Crippen LogP contribution is 2.11. The topological polar surface area (TPSA) is 151 Å². The van der Waals surface area contributed by atoms with E-state index in [2.05, 4.69) is 16.0 Å². The maximum atomic E-state index is 13.1. The van der Waals surface area contributed by atoms with E-state index in [1.54, 1.807) is 11.8 Å². The number of carboxylic acid groups (broad SMARTS) is 1. The summed E-state index contributed by atoms with van der Waals surface area (Å²) >= 11 is 3.08. The van der Waals surface area contributed by atoms with E-state index in [1.165, 1.54) is 11.8 Å². The number of carboxylic acids is 1. The Balaban J connectivity index is 5.41. The summed E-state index contributed by atoms with van der Waals surface area (Å²) in [5.41, 5.74) is 5.94. The number of aliphatic carboxylic acids is 1. The molecule has 0 aromatic carbocycles. The van der Waals surface area contributed by atoms with Crippen molar-refractivity contribution in [1.82, 2.24) is 16.0 Å². The number of hydrogen-bond acceptors (Lipinski definition) is 7. The molecule has 192 valence electrons. The molecule has 0 saturated carbocycles. The van der Waals surface area contributed by atoms with Crippen LogP contribution in [0.25, 0.3) is 0 Å². The van der Waals surface area contributed by atoms with Gasteiger partial charge in [0.25, 0.3) is 0 Å². The second-order valence-corrected chi connectivity index (χ2v) is 10.9. The molecule has 4 atom stereocenters. The van der Waals surface area contributed by atoms with Gasteiger partial charge in [-0.3, -0.25) is 14.4 Å². The van der Waals surface area contributed by atoms with Gasteiger partial charge in [0.2, 0.25) is 17.7 Å². The van der Waals surface area contributed by atoms with Crippen LogP contribution in [0.5, 0.6) is 0 Å². The van der Waals surface area contributed by atoms with Crippen molar-refractivity contribution in [2.45, 2.75) is 77.5 Å². The zero-order valence-electron chi connectivity index (χ0n) is 20.7. The van der Waals surface area contributed by atoms with Crippen LogP contribution < -0.4 is 21.7 Å². The van der Waals surface area contributed by atoms with Gasteiger partial charge < -0.3 is 26.8 Å². The third-order valence-electron chi connectivity index (χ3n) is 4.88. The number of hydrogen-bond donors (Lipinski definition) is 5. The summed E-state index contributed by atoms with van der Waals surface area (Å²) < 4.78 is 0. The molecule has 11 heteroatoms. The largest absolute Gasteiger partial charge is 0.480 e. The SMILES string of the molecule is CSCCC(N)C(=O)NC(CC(C)C)C(=O)NC(CC(C)C)C(=O)NC(CCSC)C(=O)O. The minimum Gasteiger partial charge on any atom is -0.480 e. The number of carbonyl (C=O) groups is 4. The van der Waals surface area contributed by atoms with E-state index in [0.717, 1.165) is 5.75 Å². The fourth-order valence-corrected chi connectivity index (χ4v) is 4.06. The molecule has 33 heavy (non-hydrogen) atoms. The van der Waals surface area contributed by atoms with E-state index in [1.807, 2.05) is 40.2 Å². The highest BCUT2D eigenvalue weighted by molar-refractivity contribution is 7.98. The van der Waals surface area contributed by atoms with Crippen LogP contribution in [0.1, 0.15) is 53.4 Å². The molecule has 0 bridgehead atoms. The number of carbonyl (C=O) groups excluding carboxylic acids is 3. The Morgan fingerprint density at radius 3 is 1.52 bits per heavy atom. The molecule has 0 fully saturated rings. The molecule has 3 amide bonds. The Morgan fingerprint density at radius 1 is 0.727 bits per heavy atom. The van der Waals surface area contributed by atoms with E-state index in [0.29, 0.717) is 25.0 Å². The summed E-state index contributed by atoms with van der Waals surface area (Å²) in [7, 11) is 0. The number of rotatable bonds is 17. The molecule has 0 aliphatic rings. The van der Waals surface area contributed by atoms with Gasteiger partial charge in [-0.05, 0) is 61.5 Å². The van der Waals surface area contributed by atoms with E-state index in [4.69, 9.17) is 5.73 Å². The van der Waals surface area contributed by atoms with Gasteiger partial charge in [-0.25, -0.2) is 4.79 Å². The molecule has 6 N–H and O–H groups in total. The molecule has 0 aliphatic carbocycles. The zero-order valence-corrected chi connectivity index (χ0v) is 22.3. The van der Waals surface area contributed by atoms with E-state index in [9.17, 15) is 24.3 Å². The summed E-state index contributed by atoms with van der Waals surface area (Å²) in [6.45, 7) is 7.68. The lowest BCUT2D eigenvalue weighted by atomic mass is 9.99. The molecule has 0 heterocycles.